The van der Waals surface area contributed by atoms with E-state index < -0.39 is 0 Å². The summed E-state index contributed by atoms with van der Waals surface area (Å²) in [7, 11) is 0. The van der Waals surface area contributed by atoms with Gasteiger partial charge in [-0.1, -0.05) is 12.1 Å². The Bertz CT molecular complexity index is 611. The fourth-order valence-electron chi connectivity index (χ4n) is 2.90. The Balaban J connectivity index is 1.48. The summed E-state index contributed by atoms with van der Waals surface area (Å²) in [5.41, 5.74) is 5.95. The van der Waals surface area contributed by atoms with Gasteiger partial charge in [-0.05, 0) is 48.9 Å². The van der Waals surface area contributed by atoms with Gasteiger partial charge in [-0.25, -0.2) is 4.98 Å². The number of nitrogens with two attached hydrogens (primary N) is 1. The number of rotatable bonds is 5. The van der Waals surface area contributed by atoms with Crippen molar-refractivity contribution >= 4 is 23.1 Å². The van der Waals surface area contributed by atoms with Crippen LogP contribution in [0.15, 0.2) is 46.9 Å². The van der Waals surface area contributed by atoms with Gasteiger partial charge in [0.25, 0.3) is 0 Å². The van der Waals surface area contributed by atoms with E-state index in [9.17, 15) is 0 Å². The molecule has 1 aliphatic rings. The predicted molar refractivity (Wildman–Crippen MR) is 96.7 cm³/mol. The summed E-state index contributed by atoms with van der Waals surface area (Å²) < 4.78 is 0. The average molecular weight is 329 g/mol. The van der Waals surface area contributed by atoms with Crippen LogP contribution in [0.1, 0.15) is 17.7 Å². The molecule has 3 rings (SSSR count). The average Bonchev–Trinajstić information content (AvgIpc) is 3.07. The minimum atomic E-state index is 0.444. The van der Waals surface area contributed by atoms with Crippen molar-refractivity contribution in [1.82, 2.24) is 9.88 Å². The van der Waals surface area contributed by atoms with Crippen LogP contribution in [0.4, 0.5) is 5.82 Å². The first kappa shape index (κ1) is 16.0. The van der Waals surface area contributed by atoms with E-state index in [-0.39, 0.29) is 0 Å². The summed E-state index contributed by atoms with van der Waals surface area (Å²) in [6.45, 7) is 4.10. The third-order valence-corrected chi connectivity index (χ3v) is 4.86. The van der Waals surface area contributed by atoms with Crippen LogP contribution in [0.25, 0.3) is 0 Å². The molecular formula is C17H23N5S. The predicted octanol–water partition coefficient (Wildman–Crippen LogP) is 2.78. The number of piperidine rings is 1. The second-order valence-electron chi connectivity index (χ2n) is 5.89. The largest absolute Gasteiger partial charge is 0.370 e. The molecule has 6 heteroatoms. The fraction of sp³-hybridized carbons (Fsp3) is 0.412. The fourth-order valence-corrected chi connectivity index (χ4v) is 3.65. The highest BCUT2D eigenvalue weighted by atomic mass is 32.1. The number of aromatic nitrogens is 1. The lowest BCUT2D eigenvalue weighted by atomic mass is 9.98. The van der Waals surface area contributed by atoms with Crippen molar-refractivity contribution in [2.45, 2.75) is 19.4 Å². The second-order valence-corrected chi connectivity index (χ2v) is 6.92. The first-order chi connectivity index (χ1) is 11.3. The van der Waals surface area contributed by atoms with E-state index >= 15 is 0 Å². The normalized spacial score (nSPS) is 19.7. The van der Waals surface area contributed by atoms with Crippen LogP contribution < -0.4 is 11.1 Å². The minimum absolute atomic E-state index is 0.444. The van der Waals surface area contributed by atoms with Gasteiger partial charge in [-0.15, -0.1) is 11.3 Å². The van der Waals surface area contributed by atoms with E-state index in [1.54, 1.807) is 6.20 Å². The summed E-state index contributed by atoms with van der Waals surface area (Å²) in [6, 6.07) is 10.0. The molecule has 3 N–H and O–H groups in total. The molecule has 0 spiro atoms. The maximum Gasteiger partial charge on any atom is 0.194 e. The number of anilines is 1. The first-order valence-corrected chi connectivity index (χ1v) is 8.90. The number of hydrogen-bond acceptors (Lipinski definition) is 4. The van der Waals surface area contributed by atoms with E-state index in [2.05, 4.69) is 37.7 Å². The Hall–Kier alpha value is -1.92. The van der Waals surface area contributed by atoms with Gasteiger partial charge >= 0.3 is 0 Å². The molecule has 0 saturated carbocycles. The smallest absolute Gasteiger partial charge is 0.194 e. The number of pyridine rings is 1. The Labute approximate surface area is 141 Å². The van der Waals surface area contributed by atoms with Crippen molar-refractivity contribution in [3.8, 4) is 0 Å². The molecule has 0 aliphatic carbocycles. The van der Waals surface area contributed by atoms with Crippen molar-refractivity contribution in [3.05, 3.63) is 46.8 Å². The molecule has 1 saturated heterocycles. The topological polar surface area (TPSA) is 66.5 Å². The third-order valence-electron chi connectivity index (χ3n) is 4.00. The quantitative estimate of drug-likeness (QED) is 0.654. The maximum atomic E-state index is 5.95. The van der Waals surface area contributed by atoms with E-state index in [0.717, 1.165) is 25.5 Å². The molecule has 1 unspecified atom stereocenters. The Morgan fingerprint density at radius 1 is 1.39 bits per heavy atom. The molecule has 1 fully saturated rings. The molecule has 122 valence electrons. The zero-order valence-electron chi connectivity index (χ0n) is 13.2. The van der Waals surface area contributed by atoms with Gasteiger partial charge in [0.05, 0.1) is 0 Å². The lowest BCUT2D eigenvalue weighted by molar-refractivity contribution is 0.172. The molecule has 0 aromatic carbocycles. The van der Waals surface area contributed by atoms with Crippen molar-refractivity contribution < 1.29 is 0 Å². The van der Waals surface area contributed by atoms with Crippen LogP contribution in [0, 0.1) is 5.92 Å². The Morgan fingerprint density at radius 2 is 2.35 bits per heavy atom. The van der Waals surface area contributed by atoms with Crippen molar-refractivity contribution in [1.29, 1.82) is 0 Å². The first-order valence-electron chi connectivity index (χ1n) is 8.02. The number of aliphatic imine (C=N–C) groups is 1. The molecule has 1 atom stereocenters. The zero-order chi connectivity index (χ0) is 15.9. The summed E-state index contributed by atoms with van der Waals surface area (Å²) in [6.07, 6.45) is 4.19. The minimum Gasteiger partial charge on any atom is -0.370 e. The van der Waals surface area contributed by atoms with Crippen LogP contribution in [0.2, 0.25) is 0 Å². The van der Waals surface area contributed by atoms with Crippen LogP contribution in [0.3, 0.4) is 0 Å². The molecule has 2 aromatic heterocycles. The molecule has 23 heavy (non-hydrogen) atoms. The van der Waals surface area contributed by atoms with Gasteiger partial charge in [-0.2, -0.15) is 0 Å². The van der Waals surface area contributed by atoms with Gasteiger partial charge in [0.15, 0.2) is 5.96 Å². The summed E-state index contributed by atoms with van der Waals surface area (Å²) in [5.74, 6) is 1.75. The molecule has 0 bridgehead atoms. The molecular weight excluding hydrogens is 306 g/mol. The van der Waals surface area contributed by atoms with Crippen LogP contribution >= 0.6 is 11.3 Å². The number of hydrogen-bond donors (Lipinski definition) is 2. The number of nitrogens with one attached hydrogen (secondary N) is 1. The van der Waals surface area contributed by atoms with Gasteiger partial charge in [0, 0.05) is 30.7 Å². The standard InChI is InChI=1S/C17H23N5S/c18-17(21-16-7-1-2-8-19-16)20-11-14-5-3-9-22(12-14)13-15-6-4-10-23-15/h1-2,4,6-8,10,14H,3,5,9,11-13H2,(H3,18,19,20,21). The van der Waals surface area contributed by atoms with Crippen molar-refractivity contribution in [3.63, 3.8) is 0 Å². The molecule has 0 radical (unpaired) electrons. The molecule has 2 aromatic rings. The van der Waals surface area contributed by atoms with Gasteiger partial charge in [0.2, 0.25) is 0 Å². The number of nitrogens with zero attached hydrogens (tertiary/aromatic N) is 3. The van der Waals surface area contributed by atoms with E-state index in [1.807, 2.05) is 29.5 Å². The summed E-state index contributed by atoms with van der Waals surface area (Å²) >= 11 is 1.83. The monoisotopic (exact) mass is 329 g/mol. The van der Waals surface area contributed by atoms with Gasteiger partial charge < -0.3 is 11.1 Å². The van der Waals surface area contributed by atoms with E-state index in [1.165, 1.54) is 24.3 Å². The van der Waals surface area contributed by atoms with Gasteiger partial charge in [-0.3, -0.25) is 9.89 Å². The van der Waals surface area contributed by atoms with Crippen molar-refractivity contribution in [2.24, 2.45) is 16.6 Å². The lowest BCUT2D eigenvalue weighted by Gasteiger charge is -2.31. The number of likely N-dealkylation sites (tertiary alicyclic amines) is 1. The molecule has 0 amide bonds. The van der Waals surface area contributed by atoms with E-state index in [4.69, 9.17) is 5.73 Å². The highest BCUT2D eigenvalue weighted by Gasteiger charge is 2.20. The lowest BCUT2D eigenvalue weighted by Crippen LogP contribution is -2.36. The zero-order valence-corrected chi connectivity index (χ0v) is 14.0. The molecule has 3 heterocycles. The summed E-state index contributed by atoms with van der Waals surface area (Å²) in [4.78, 5) is 12.6. The van der Waals surface area contributed by atoms with Crippen molar-refractivity contribution in [2.75, 3.05) is 25.0 Å². The van der Waals surface area contributed by atoms with Crippen LogP contribution in [-0.4, -0.2) is 35.5 Å². The highest BCUT2D eigenvalue weighted by molar-refractivity contribution is 7.09. The Kier molecular flexibility index (Phi) is 5.60. The molecule has 1 aliphatic heterocycles. The molecule has 5 nitrogen and oxygen atoms in total. The maximum absolute atomic E-state index is 5.95. The van der Waals surface area contributed by atoms with E-state index in [0.29, 0.717) is 11.9 Å². The highest BCUT2D eigenvalue weighted by Crippen LogP contribution is 2.20. The van der Waals surface area contributed by atoms with Crippen LogP contribution in [-0.2, 0) is 6.54 Å². The second kappa shape index (κ2) is 8.08. The number of guanidine groups is 1. The van der Waals surface area contributed by atoms with Gasteiger partial charge in [0.1, 0.15) is 5.82 Å². The SMILES string of the molecule is NC(=NCC1CCCN(Cc2cccs2)C1)Nc1ccccn1. The summed E-state index contributed by atoms with van der Waals surface area (Å²) in [5, 5.41) is 5.18. The third kappa shape index (κ3) is 5.04. The van der Waals surface area contributed by atoms with Crippen LogP contribution in [0.5, 0.6) is 0 Å². The Morgan fingerprint density at radius 3 is 3.13 bits per heavy atom. The number of thiophene rings is 1.